The number of aryl methyl sites for hydroxylation is 3. The third kappa shape index (κ3) is 4.18. The Morgan fingerprint density at radius 1 is 0.921 bits per heavy atom. The van der Waals surface area contributed by atoms with E-state index in [9.17, 15) is 4.79 Å². The van der Waals surface area contributed by atoms with Crippen LogP contribution in [-0.4, -0.2) is 25.3 Å². The van der Waals surface area contributed by atoms with E-state index in [1.165, 1.54) is 11.1 Å². The number of hydrogen-bond donors (Lipinski definition) is 1. The van der Waals surface area contributed by atoms with Gasteiger partial charge in [-0.2, -0.15) is 5.10 Å². The highest BCUT2D eigenvalue weighted by Gasteiger charge is 2.36. The van der Waals surface area contributed by atoms with Crippen LogP contribution in [0.3, 0.4) is 0 Å². The maximum Gasteiger partial charge on any atom is 0.322 e. The molecule has 0 fully saturated rings. The van der Waals surface area contributed by atoms with Crippen molar-refractivity contribution in [1.82, 2.24) is 19.2 Å². The van der Waals surface area contributed by atoms with Crippen LogP contribution in [0, 0.1) is 13.8 Å². The number of carbonyl (C=O) groups excluding carboxylic acids is 1. The van der Waals surface area contributed by atoms with Crippen LogP contribution >= 0.6 is 0 Å². The molecule has 6 nitrogen and oxygen atoms in total. The van der Waals surface area contributed by atoms with Crippen molar-refractivity contribution in [2.24, 2.45) is 0 Å². The number of carbonyl (C=O) groups is 1. The van der Waals surface area contributed by atoms with E-state index in [0.29, 0.717) is 6.54 Å². The Hall–Kier alpha value is -4.58. The summed E-state index contributed by atoms with van der Waals surface area (Å²) >= 11 is 0. The van der Waals surface area contributed by atoms with Crippen LogP contribution in [0.15, 0.2) is 97.2 Å². The van der Waals surface area contributed by atoms with Gasteiger partial charge in [-0.15, -0.1) is 0 Å². The lowest BCUT2D eigenvalue weighted by Gasteiger charge is -2.31. The summed E-state index contributed by atoms with van der Waals surface area (Å²) in [6.07, 6.45) is 3.03. The second-order valence-electron chi connectivity index (χ2n) is 9.86. The molecule has 5 aromatic rings. The molecule has 6 heteroatoms. The van der Waals surface area contributed by atoms with Gasteiger partial charge in [-0.3, -0.25) is 0 Å². The Labute approximate surface area is 223 Å². The minimum absolute atomic E-state index is 0.146. The normalized spacial score (nSPS) is 14.5. The summed E-state index contributed by atoms with van der Waals surface area (Å²) in [5.74, 6) is 0.966. The molecule has 0 saturated heterocycles. The molecule has 1 atom stereocenters. The zero-order valence-corrected chi connectivity index (χ0v) is 21.9. The molecule has 3 aromatic carbocycles. The summed E-state index contributed by atoms with van der Waals surface area (Å²) in [5.41, 5.74) is 8.19. The van der Waals surface area contributed by atoms with Crippen molar-refractivity contribution in [2.75, 3.05) is 5.32 Å². The highest BCUT2D eigenvalue weighted by Crippen LogP contribution is 2.38. The summed E-state index contributed by atoms with van der Waals surface area (Å²) in [4.78, 5) is 16.0. The lowest BCUT2D eigenvalue weighted by Crippen LogP contribution is -2.38. The Kier molecular flexibility index (Phi) is 6.08. The van der Waals surface area contributed by atoms with Crippen molar-refractivity contribution in [3.05, 3.63) is 131 Å². The van der Waals surface area contributed by atoms with E-state index in [0.717, 1.165) is 46.1 Å². The van der Waals surface area contributed by atoms with E-state index in [4.69, 9.17) is 5.10 Å². The number of fused-ring (bicyclic) bond motifs is 3. The Balaban J connectivity index is 1.50. The van der Waals surface area contributed by atoms with Gasteiger partial charge >= 0.3 is 6.03 Å². The fourth-order valence-electron chi connectivity index (χ4n) is 5.27. The van der Waals surface area contributed by atoms with E-state index in [-0.39, 0.29) is 12.1 Å². The molecule has 1 N–H and O–H groups in total. The molecule has 2 aromatic heterocycles. The Morgan fingerprint density at radius 2 is 1.66 bits per heavy atom. The molecule has 190 valence electrons. The molecular formula is C32H31N5O. The molecule has 1 unspecified atom stereocenters. The van der Waals surface area contributed by atoms with Gasteiger partial charge < -0.3 is 14.8 Å². The summed E-state index contributed by atoms with van der Waals surface area (Å²) < 4.78 is 4.18. The topological polar surface area (TPSA) is 55.1 Å². The lowest BCUT2D eigenvalue weighted by atomic mass is 10.0. The van der Waals surface area contributed by atoms with Crippen LogP contribution in [0.5, 0.6) is 0 Å². The quantitative estimate of drug-likeness (QED) is 0.289. The smallest absolute Gasteiger partial charge is 0.308 e. The number of nitrogens with zero attached hydrogens (tertiary/aromatic N) is 4. The van der Waals surface area contributed by atoms with Crippen molar-refractivity contribution in [3.8, 4) is 11.5 Å². The van der Waals surface area contributed by atoms with Crippen molar-refractivity contribution < 1.29 is 4.79 Å². The molecule has 1 aliphatic heterocycles. The fourth-order valence-corrected chi connectivity index (χ4v) is 5.27. The number of urea groups is 1. The van der Waals surface area contributed by atoms with Crippen LogP contribution in [0.25, 0.3) is 11.5 Å². The number of hydrogen-bond acceptors (Lipinski definition) is 2. The van der Waals surface area contributed by atoms with Gasteiger partial charge in [-0.1, -0.05) is 67.1 Å². The Bertz CT molecular complexity index is 1580. The third-order valence-electron chi connectivity index (χ3n) is 7.35. The van der Waals surface area contributed by atoms with Gasteiger partial charge in [0.05, 0.1) is 29.7 Å². The highest BCUT2D eigenvalue weighted by molar-refractivity contribution is 5.90. The first-order valence-electron chi connectivity index (χ1n) is 13.1. The van der Waals surface area contributed by atoms with Crippen molar-refractivity contribution in [1.29, 1.82) is 0 Å². The van der Waals surface area contributed by atoms with Gasteiger partial charge in [0, 0.05) is 17.4 Å². The predicted molar refractivity (Wildman–Crippen MR) is 151 cm³/mol. The minimum atomic E-state index is -0.281. The molecule has 0 aliphatic carbocycles. The molecule has 0 radical (unpaired) electrons. The second-order valence-corrected chi connectivity index (χ2v) is 9.86. The monoisotopic (exact) mass is 501 g/mol. The van der Waals surface area contributed by atoms with Gasteiger partial charge in [0.1, 0.15) is 5.82 Å². The zero-order chi connectivity index (χ0) is 26.2. The number of nitrogens with one attached hydrogen (secondary N) is 1. The second kappa shape index (κ2) is 9.71. The van der Waals surface area contributed by atoms with Crippen LogP contribution in [0.1, 0.15) is 46.6 Å². The molecule has 3 heterocycles. The first-order chi connectivity index (χ1) is 18.5. The molecular weight excluding hydrogens is 470 g/mol. The van der Waals surface area contributed by atoms with Crippen molar-refractivity contribution >= 4 is 11.7 Å². The molecule has 0 spiro atoms. The summed E-state index contributed by atoms with van der Waals surface area (Å²) in [5, 5.41) is 8.09. The van der Waals surface area contributed by atoms with Crippen LogP contribution < -0.4 is 5.32 Å². The maximum atomic E-state index is 14.0. The fraction of sp³-hybridized carbons (Fsp3) is 0.188. The molecule has 2 amide bonds. The SMILES string of the molecule is CCc1ccc(NC(=O)N2Cc3c(C)nn(-c4ccccc4)c3-n3cccc3C2c2ccc(C)cc2)cc1. The van der Waals surface area contributed by atoms with E-state index in [1.807, 2.05) is 52.9 Å². The summed E-state index contributed by atoms with van der Waals surface area (Å²) in [6.45, 7) is 6.65. The van der Waals surface area contributed by atoms with E-state index >= 15 is 0 Å². The number of aromatic nitrogens is 3. The van der Waals surface area contributed by atoms with E-state index in [1.54, 1.807) is 0 Å². The van der Waals surface area contributed by atoms with Gasteiger partial charge in [0.25, 0.3) is 0 Å². The summed E-state index contributed by atoms with van der Waals surface area (Å²) in [6, 6.07) is 30.4. The molecule has 1 aliphatic rings. The number of benzene rings is 3. The Morgan fingerprint density at radius 3 is 2.37 bits per heavy atom. The largest absolute Gasteiger partial charge is 0.322 e. The average molecular weight is 502 g/mol. The number of rotatable bonds is 4. The standard InChI is InChI=1S/C32H31N5O/c1-4-24-14-18-26(19-15-24)33-32(38)36-21-28-23(3)34-37(27-9-6-5-7-10-27)31(28)35-20-8-11-29(35)30(36)25-16-12-22(2)13-17-25/h5-20,30H,4,21H2,1-3H3,(H,33,38). The average Bonchev–Trinajstić information content (AvgIpc) is 3.50. The highest BCUT2D eigenvalue weighted by atomic mass is 16.2. The molecule has 6 rings (SSSR count). The number of anilines is 1. The van der Waals surface area contributed by atoms with Gasteiger partial charge in [0.15, 0.2) is 0 Å². The maximum absolute atomic E-state index is 14.0. The minimum Gasteiger partial charge on any atom is -0.308 e. The van der Waals surface area contributed by atoms with Crippen LogP contribution in [-0.2, 0) is 13.0 Å². The van der Waals surface area contributed by atoms with Gasteiger partial charge in [0.2, 0.25) is 0 Å². The van der Waals surface area contributed by atoms with Crippen molar-refractivity contribution in [2.45, 2.75) is 39.8 Å². The van der Waals surface area contributed by atoms with E-state index < -0.39 is 0 Å². The first-order valence-corrected chi connectivity index (χ1v) is 13.1. The molecule has 38 heavy (non-hydrogen) atoms. The molecule has 0 bridgehead atoms. The zero-order valence-electron chi connectivity index (χ0n) is 21.9. The van der Waals surface area contributed by atoms with E-state index in [2.05, 4.69) is 84.5 Å². The third-order valence-corrected chi connectivity index (χ3v) is 7.35. The van der Waals surface area contributed by atoms with Gasteiger partial charge in [-0.05, 0) is 67.8 Å². The van der Waals surface area contributed by atoms with Crippen LogP contribution in [0.2, 0.25) is 0 Å². The van der Waals surface area contributed by atoms with Gasteiger partial charge in [-0.25, -0.2) is 9.48 Å². The lowest BCUT2D eigenvalue weighted by molar-refractivity contribution is 0.194. The number of para-hydroxylation sites is 1. The molecule has 0 saturated carbocycles. The predicted octanol–water partition coefficient (Wildman–Crippen LogP) is 6.98. The van der Waals surface area contributed by atoms with Crippen molar-refractivity contribution in [3.63, 3.8) is 0 Å². The summed E-state index contributed by atoms with van der Waals surface area (Å²) in [7, 11) is 0. The first kappa shape index (κ1) is 23.8. The number of amides is 2. The van der Waals surface area contributed by atoms with Crippen LogP contribution in [0.4, 0.5) is 10.5 Å².